The number of piperazine rings is 1. The van der Waals surface area contributed by atoms with Crippen LogP contribution in [0.3, 0.4) is 0 Å². The molecule has 0 atom stereocenters. The van der Waals surface area contributed by atoms with E-state index in [1.807, 2.05) is 29.8 Å². The lowest BCUT2D eigenvalue weighted by Crippen LogP contribution is -2.47. The number of imidazole rings is 1. The number of anilines is 2. The Hall–Kier alpha value is -2.41. The summed E-state index contributed by atoms with van der Waals surface area (Å²) >= 11 is 5.84. The van der Waals surface area contributed by atoms with Crippen LogP contribution in [0.2, 0.25) is 5.02 Å². The van der Waals surface area contributed by atoms with Gasteiger partial charge in [0, 0.05) is 26.2 Å². The lowest BCUT2D eigenvalue weighted by atomic mass is 10.3. The Bertz CT molecular complexity index is 821. The van der Waals surface area contributed by atoms with E-state index < -0.39 is 0 Å². The van der Waals surface area contributed by atoms with E-state index in [4.69, 9.17) is 11.6 Å². The van der Waals surface area contributed by atoms with Crippen LogP contribution in [0.25, 0.3) is 5.65 Å². The van der Waals surface area contributed by atoms with Crippen LogP contribution in [-0.4, -0.2) is 50.7 Å². The molecule has 1 aliphatic heterocycles. The van der Waals surface area contributed by atoms with Gasteiger partial charge in [-0.2, -0.15) is 0 Å². The van der Waals surface area contributed by atoms with E-state index in [1.165, 1.54) is 0 Å². The van der Waals surface area contributed by atoms with Crippen molar-refractivity contribution < 1.29 is 0 Å². The SMILES string of the molecule is Cc1cn2nc(N3CCN(c4ncc(Cl)cn4)CC3)ccc2n1. The molecule has 0 saturated carbocycles. The van der Waals surface area contributed by atoms with E-state index >= 15 is 0 Å². The lowest BCUT2D eigenvalue weighted by Gasteiger charge is -2.35. The highest BCUT2D eigenvalue weighted by atomic mass is 35.5. The number of hydrogen-bond donors (Lipinski definition) is 0. The molecule has 0 spiro atoms. The molecule has 0 amide bonds. The Morgan fingerprint density at radius 3 is 2.43 bits per heavy atom. The topological polar surface area (TPSA) is 62.5 Å². The third-order valence-electron chi connectivity index (χ3n) is 3.92. The predicted octanol–water partition coefficient (Wildman–Crippen LogP) is 1.81. The fraction of sp³-hybridized carbons (Fsp3) is 0.333. The highest BCUT2D eigenvalue weighted by Crippen LogP contribution is 2.17. The van der Waals surface area contributed by atoms with Gasteiger partial charge in [-0.3, -0.25) is 0 Å². The minimum absolute atomic E-state index is 0.556. The van der Waals surface area contributed by atoms with Crippen LogP contribution in [0.5, 0.6) is 0 Å². The monoisotopic (exact) mass is 329 g/mol. The number of aromatic nitrogens is 5. The zero-order chi connectivity index (χ0) is 15.8. The van der Waals surface area contributed by atoms with E-state index in [-0.39, 0.29) is 0 Å². The maximum absolute atomic E-state index is 5.84. The molecule has 0 aliphatic carbocycles. The van der Waals surface area contributed by atoms with Crippen LogP contribution in [0.15, 0.2) is 30.7 Å². The van der Waals surface area contributed by atoms with Gasteiger partial charge in [-0.25, -0.2) is 19.5 Å². The first-order chi connectivity index (χ1) is 11.2. The summed E-state index contributed by atoms with van der Waals surface area (Å²) in [5.41, 5.74) is 1.85. The molecule has 1 fully saturated rings. The van der Waals surface area contributed by atoms with Crippen LogP contribution >= 0.6 is 11.6 Å². The summed E-state index contributed by atoms with van der Waals surface area (Å²) in [5.74, 6) is 1.69. The third kappa shape index (κ3) is 2.79. The molecule has 0 radical (unpaired) electrons. The van der Waals surface area contributed by atoms with Crippen molar-refractivity contribution in [1.82, 2.24) is 24.6 Å². The van der Waals surface area contributed by atoms with E-state index in [0.717, 1.165) is 49.3 Å². The summed E-state index contributed by atoms with van der Waals surface area (Å²) in [6.07, 6.45) is 5.21. The zero-order valence-electron chi connectivity index (χ0n) is 12.7. The molecule has 0 bridgehead atoms. The molecule has 1 aliphatic rings. The summed E-state index contributed by atoms with van der Waals surface area (Å²) in [4.78, 5) is 17.4. The number of fused-ring (bicyclic) bond motifs is 1. The van der Waals surface area contributed by atoms with Crippen LogP contribution in [0.4, 0.5) is 11.8 Å². The Morgan fingerprint density at radius 1 is 1.00 bits per heavy atom. The zero-order valence-corrected chi connectivity index (χ0v) is 13.5. The standard InChI is InChI=1S/C15H16ClN7/c1-11-10-23-13(19-11)2-3-14(20-23)21-4-6-22(7-5-21)15-17-8-12(16)9-18-15/h2-3,8-10H,4-7H2,1H3. The third-order valence-corrected chi connectivity index (χ3v) is 4.11. The molecule has 7 nitrogen and oxygen atoms in total. The Morgan fingerprint density at radius 2 is 1.70 bits per heavy atom. The normalized spacial score (nSPS) is 15.4. The molecular formula is C15H16ClN7. The molecule has 0 unspecified atom stereocenters. The molecule has 1 saturated heterocycles. The first-order valence-electron chi connectivity index (χ1n) is 7.49. The average Bonchev–Trinajstić information content (AvgIpc) is 2.95. The first-order valence-corrected chi connectivity index (χ1v) is 7.87. The molecule has 23 heavy (non-hydrogen) atoms. The second kappa shape index (κ2) is 5.66. The predicted molar refractivity (Wildman–Crippen MR) is 89.2 cm³/mol. The number of aryl methyl sites for hydroxylation is 1. The lowest BCUT2D eigenvalue weighted by molar-refractivity contribution is 0.629. The van der Waals surface area contributed by atoms with Crippen LogP contribution in [-0.2, 0) is 0 Å². The minimum atomic E-state index is 0.556. The quantitative estimate of drug-likeness (QED) is 0.714. The molecule has 4 rings (SSSR count). The van der Waals surface area contributed by atoms with Gasteiger partial charge in [0.15, 0.2) is 5.65 Å². The van der Waals surface area contributed by atoms with Gasteiger partial charge >= 0.3 is 0 Å². The van der Waals surface area contributed by atoms with Gasteiger partial charge in [0.1, 0.15) is 5.82 Å². The Labute approximate surface area is 138 Å². The van der Waals surface area contributed by atoms with Crippen LogP contribution in [0, 0.1) is 6.92 Å². The number of halogens is 1. The minimum Gasteiger partial charge on any atom is -0.352 e. The molecule has 3 aromatic heterocycles. The smallest absolute Gasteiger partial charge is 0.225 e. The molecule has 0 aromatic carbocycles. The summed E-state index contributed by atoms with van der Waals surface area (Å²) < 4.78 is 1.83. The van der Waals surface area contributed by atoms with E-state index in [1.54, 1.807) is 12.4 Å². The summed E-state index contributed by atoms with van der Waals surface area (Å²) in [6.45, 7) is 5.42. The van der Waals surface area contributed by atoms with Gasteiger partial charge in [0.05, 0.1) is 29.3 Å². The highest BCUT2D eigenvalue weighted by molar-refractivity contribution is 6.30. The van der Waals surface area contributed by atoms with Crippen molar-refractivity contribution in [1.29, 1.82) is 0 Å². The van der Waals surface area contributed by atoms with Gasteiger partial charge < -0.3 is 9.80 Å². The first kappa shape index (κ1) is 14.2. The van der Waals surface area contributed by atoms with Crippen molar-refractivity contribution >= 4 is 29.0 Å². The summed E-state index contributed by atoms with van der Waals surface area (Å²) in [7, 11) is 0. The van der Waals surface area contributed by atoms with Crippen molar-refractivity contribution in [3.63, 3.8) is 0 Å². The number of rotatable bonds is 2. The fourth-order valence-corrected chi connectivity index (χ4v) is 2.86. The Kier molecular flexibility index (Phi) is 3.49. The maximum atomic E-state index is 5.84. The number of hydrogen-bond acceptors (Lipinski definition) is 6. The van der Waals surface area contributed by atoms with E-state index in [0.29, 0.717) is 5.02 Å². The second-order valence-corrected chi connectivity index (χ2v) is 5.99. The largest absolute Gasteiger partial charge is 0.352 e. The van der Waals surface area contributed by atoms with Gasteiger partial charge in [-0.1, -0.05) is 11.6 Å². The van der Waals surface area contributed by atoms with Crippen molar-refractivity contribution in [2.45, 2.75) is 6.92 Å². The van der Waals surface area contributed by atoms with Crippen molar-refractivity contribution in [2.24, 2.45) is 0 Å². The van der Waals surface area contributed by atoms with Crippen LogP contribution in [0.1, 0.15) is 5.69 Å². The molecule has 118 valence electrons. The van der Waals surface area contributed by atoms with Gasteiger partial charge in [-0.05, 0) is 19.1 Å². The van der Waals surface area contributed by atoms with Crippen LogP contribution < -0.4 is 9.80 Å². The van der Waals surface area contributed by atoms with Crippen molar-refractivity contribution in [3.05, 3.63) is 41.4 Å². The maximum Gasteiger partial charge on any atom is 0.225 e. The molecule has 3 aromatic rings. The highest BCUT2D eigenvalue weighted by Gasteiger charge is 2.20. The summed E-state index contributed by atoms with van der Waals surface area (Å²) in [6, 6.07) is 4.03. The van der Waals surface area contributed by atoms with Gasteiger partial charge in [0.25, 0.3) is 0 Å². The number of nitrogens with zero attached hydrogens (tertiary/aromatic N) is 7. The summed E-state index contributed by atoms with van der Waals surface area (Å²) in [5, 5.41) is 5.20. The molecule has 0 N–H and O–H groups in total. The van der Waals surface area contributed by atoms with Crippen molar-refractivity contribution in [3.8, 4) is 0 Å². The van der Waals surface area contributed by atoms with Crippen molar-refractivity contribution in [2.75, 3.05) is 36.0 Å². The molecular weight excluding hydrogens is 314 g/mol. The van der Waals surface area contributed by atoms with Gasteiger partial charge in [0.2, 0.25) is 5.95 Å². The van der Waals surface area contributed by atoms with E-state index in [9.17, 15) is 0 Å². The fourth-order valence-electron chi connectivity index (χ4n) is 2.76. The average molecular weight is 330 g/mol. The Balaban J connectivity index is 1.48. The second-order valence-electron chi connectivity index (χ2n) is 5.55. The molecule has 4 heterocycles. The van der Waals surface area contributed by atoms with Gasteiger partial charge in [-0.15, -0.1) is 5.10 Å². The molecule has 8 heteroatoms. The van der Waals surface area contributed by atoms with E-state index in [2.05, 4.69) is 29.9 Å².